The highest BCUT2D eigenvalue weighted by Crippen LogP contribution is 2.33. The lowest BCUT2D eigenvalue weighted by molar-refractivity contribution is 0.700. The Labute approximate surface area is 122 Å². The summed E-state index contributed by atoms with van der Waals surface area (Å²) in [4.78, 5) is 2.63. The molecule has 0 saturated carbocycles. The smallest absolute Gasteiger partial charge is 0.0672 e. The van der Waals surface area contributed by atoms with Crippen LogP contribution in [0.15, 0.2) is 24.3 Å². The number of hydrogen-bond acceptors (Lipinski definition) is 2. The lowest BCUT2D eigenvalue weighted by atomic mass is 10.0. The van der Waals surface area contributed by atoms with Gasteiger partial charge >= 0.3 is 0 Å². The van der Waals surface area contributed by atoms with Crippen LogP contribution in [-0.2, 0) is 0 Å². The molecule has 0 fully saturated rings. The number of halogens is 2. The molecule has 96 valence electrons. The fourth-order valence-electron chi connectivity index (χ4n) is 2.14. The zero-order valence-corrected chi connectivity index (χ0v) is 12.9. The van der Waals surface area contributed by atoms with Crippen LogP contribution in [-0.4, -0.2) is 7.05 Å². The monoisotopic (exact) mass is 299 g/mol. The zero-order chi connectivity index (χ0) is 13.3. The van der Waals surface area contributed by atoms with E-state index in [9.17, 15) is 0 Å². The maximum Gasteiger partial charge on any atom is 0.0672 e. The maximum absolute atomic E-state index is 6.07. The summed E-state index contributed by atoms with van der Waals surface area (Å²) in [6.45, 7) is 4.26. The largest absolute Gasteiger partial charge is 0.309 e. The molecule has 4 heteroatoms. The van der Waals surface area contributed by atoms with Gasteiger partial charge in [0.1, 0.15) is 0 Å². The predicted octanol–water partition coefficient (Wildman–Crippen LogP) is 4.98. The Morgan fingerprint density at radius 3 is 2.11 bits per heavy atom. The topological polar surface area (TPSA) is 12.0 Å². The average Bonchev–Trinajstić information content (AvgIpc) is 2.58. The van der Waals surface area contributed by atoms with Gasteiger partial charge in [-0.05, 0) is 56.3 Å². The highest BCUT2D eigenvalue weighted by molar-refractivity contribution is 7.12. The van der Waals surface area contributed by atoms with Crippen molar-refractivity contribution in [1.29, 1.82) is 0 Å². The van der Waals surface area contributed by atoms with Gasteiger partial charge in [0.2, 0.25) is 0 Å². The minimum absolute atomic E-state index is 0.139. The summed E-state index contributed by atoms with van der Waals surface area (Å²) >= 11 is 14.0. The quantitative estimate of drug-likeness (QED) is 0.843. The molecule has 0 amide bonds. The van der Waals surface area contributed by atoms with Crippen LogP contribution in [0.25, 0.3) is 0 Å². The standard InChI is InChI=1S/C14H15Cl2NS/c1-8-4-9(2)18-14(8)13(17-3)10-5-11(15)7-12(16)6-10/h4-7,13,17H,1-3H3. The van der Waals surface area contributed by atoms with Crippen molar-refractivity contribution in [3.8, 4) is 0 Å². The molecule has 0 aliphatic rings. The van der Waals surface area contributed by atoms with Gasteiger partial charge in [-0.3, -0.25) is 0 Å². The van der Waals surface area contributed by atoms with Crippen molar-refractivity contribution < 1.29 is 0 Å². The van der Waals surface area contributed by atoms with Gasteiger partial charge in [0.05, 0.1) is 6.04 Å². The Bertz CT molecular complexity index is 543. The Hall–Kier alpha value is -0.540. The van der Waals surface area contributed by atoms with Crippen molar-refractivity contribution in [2.75, 3.05) is 7.05 Å². The van der Waals surface area contributed by atoms with E-state index >= 15 is 0 Å². The Morgan fingerprint density at radius 1 is 1.06 bits per heavy atom. The second-order valence-electron chi connectivity index (χ2n) is 4.33. The molecular weight excluding hydrogens is 285 g/mol. The van der Waals surface area contributed by atoms with E-state index in [1.165, 1.54) is 15.3 Å². The summed E-state index contributed by atoms with van der Waals surface area (Å²) in [5.74, 6) is 0. The SMILES string of the molecule is CNC(c1cc(Cl)cc(Cl)c1)c1sc(C)cc1C. The van der Waals surface area contributed by atoms with Crippen LogP contribution in [0, 0.1) is 13.8 Å². The summed E-state index contributed by atoms with van der Waals surface area (Å²) in [5, 5.41) is 4.68. The molecule has 0 radical (unpaired) electrons. The van der Waals surface area contributed by atoms with Gasteiger partial charge in [-0.1, -0.05) is 23.2 Å². The van der Waals surface area contributed by atoms with E-state index < -0.39 is 0 Å². The van der Waals surface area contributed by atoms with Gasteiger partial charge in [-0.25, -0.2) is 0 Å². The molecule has 0 aliphatic carbocycles. The minimum atomic E-state index is 0.139. The van der Waals surface area contributed by atoms with Crippen LogP contribution < -0.4 is 5.32 Å². The summed E-state index contributed by atoms with van der Waals surface area (Å²) in [6, 6.07) is 8.02. The van der Waals surface area contributed by atoms with Crippen LogP contribution >= 0.6 is 34.5 Å². The van der Waals surface area contributed by atoms with Gasteiger partial charge in [0, 0.05) is 19.8 Å². The normalized spacial score (nSPS) is 12.7. The van der Waals surface area contributed by atoms with E-state index in [0.29, 0.717) is 10.0 Å². The molecule has 1 unspecified atom stereocenters. The third kappa shape index (κ3) is 2.89. The van der Waals surface area contributed by atoms with Gasteiger partial charge in [-0.15, -0.1) is 11.3 Å². The summed E-state index contributed by atoms with van der Waals surface area (Å²) in [7, 11) is 1.95. The molecule has 1 aromatic carbocycles. The van der Waals surface area contributed by atoms with E-state index in [0.717, 1.165) is 5.56 Å². The first-order valence-corrected chi connectivity index (χ1v) is 7.28. The molecule has 1 N–H and O–H groups in total. The van der Waals surface area contributed by atoms with Crippen molar-refractivity contribution in [2.45, 2.75) is 19.9 Å². The maximum atomic E-state index is 6.07. The highest BCUT2D eigenvalue weighted by Gasteiger charge is 2.17. The number of hydrogen-bond donors (Lipinski definition) is 1. The van der Waals surface area contributed by atoms with Crippen LogP contribution in [0.1, 0.15) is 26.9 Å². The molecule has 1 nitrogen and oxygen atoms in total. The molecule has 1 heterocycles. The van der Waals surface area contributed by atoms with Crippen molar-refractivity contribution in [1.82, 2.24) is 5.32 Å². The molecule has 0 saturated heterocycles. The fraction of sp³-hybridized carbons (Fsp3) is 0.286. The number of rotatable bonds is 3. The van der Waals surface area contributed by atoms with E-state index in [-0.39, 0.29) is 6.04 Å². The van der Waals surface area contributed by atoms with E-state index in [4.69, 9.17) is 23.2 Å². The average molecular weight is 300 g/mol. The summed E-state index contributed by atoms with van der Waals surface area (Å²) in [6.07, 6.45) is 0. The van der Waals surface area contributed by atoms with Gasteiger partial charge in [0.25, 0.3) is 0 Å². The first kappa shape index (κ1) is 13.9. The second kappa shape index (κ2) is 5.62. The first-order chi connectivity index (χ1) is 8.51. The molecular formula is C14H15Cl2NS. The lowest BCUT2D eigenvalue weighted by Crippen LogP contribution is -2.17. The molecule has 0 aliphatic heterocycles. The third-order valence-electron chi connectivity index (χ3n) is 2.85. The molecule has 2 aromatic rings. The van der Waals surface area contributed by atoms with E-state index in [2.05, 4.69) is 25.2 Å². The van der Waals surface area contributed by atoms with E-state index in [1.807, 2.05) is 19.2 Å². The van der Waals surface area contributed by atoms with Crippen LogP contribution in [0.2, 0.25) is 10.0 Å². The van der Waals surface area contributed by atoms with Crippen molar-refractivity contribution in [3.63, 3.8) is 0 Å². The second-order valence-corrected chi connectivity index (χ2v) is 6.49. The first-order valence-electron chi connectivity index (χ1n) is 5.71. The van der Waals surface area contributed by atoms with Crippen LogP contribution in [0.3, 0.4) is 0 Å². The number of aryl methyl sites for hydroxylation is 2. The minimum Gasteiger partial charge on any atom is -0.309 e. The van der Waals surface area contributed by atoms with E-state index in [1.54, 1.807) is 17.4 Å². The molecule has 2 rings (SSSR count). The molecule has 1 aromatic heterocycles. The molecule has 18 heavy (non-hydrogen) atoms. The summed E-state index contributed by atoms with van der Waals surface area (Å²) < 4.78 is 0. The number of thiophene rings is 1. The van der Waals surface area contributed by atoms with Crippen molar-refractivity contribution >= 4 is 34.5 Å². The van der Waals surface area contributed by atoms with Crippen molar-refractivity contribution in [2.24, 2.45) is 0 Å². The summed E-state index contributed by atoms with van der Waals surface area (Å²) in [5.41, 5.74) is 2.40. The highest BCUT2D eigenvalue weighted by atomic mass is 35.5. The van der Waals surface area contributed by atoms with Crippen LogP contribution in [0.4, 0.5) is 0 Å². The number of nitrogens with one attached hydrogen (secondary N) is 1. The number of benzene rings is 1. The van der Waals surface area contributed by atoms with Crippen molar-refractivity contribution in [3.05, 3.63) is 55.2 Å². The lowest BCUT2D eigenvalue weighted by Gasteiger charge is -2.17. The zero-order valence-electron chi connectivity index (χ0n) is 10.6. The van der Waals surface area contributed by atoms with Gasteiger partial charge in [-0.2, -0.15) is 0 Å². The van der Waals surface area contributed by atoms with Gasteiger partial charge in [0.15, 0.2) is 0 Å². The van der Waals surface area contributed by atoms with Gasteiger partial charge < -0.3 is 5.32 Å². The fourth-order valence-corrected chi connectivity index (χ4v) is 3.85. The molecule has 0 spiro atoms. The van der Waals surface area contributed by atoms with Crippen LogP contribution in [0.5, 0.6) is 0 Å². The predicted molar refractivity (Wildman–Crippen MR) is 81.2 cm³/mol. The Kier molecular flexibility index (Phi) is 4.33. The molecule has 1 atom stereocenters. The Morgan fingerprint density at radius 2 is 1.67 bits per heavy atom. The molecule has 0 bridgehead atoms. The Balaban J connectivity index is 2.48. The third-order valence-corrected chi connectivity index (χ3v) is 4.50.